The smallest absolute Gasteiger partial charge is 0.131 e. The number of nitrogens with one attached hydrogen (secondary N) is 2. The molecule has 0 aromatic carbocycles. The van der Waals surface area contributed by atoms with Crippen LogP contribution in [-0.2, 0) is 0 Å². The van der Waals surface area contributed by atoms with E-state index in [2.05, 4.69) is 68.5 Å². The van der Waals surface area contributed by atoms with E-state index in [1.165, 1.54) is 0 Å². The average Bonchev–Trinajstić information content (AvgIpc) is 2.15. The molecule has 7 heteroatoms. The van der Waals surface area contributed by atoms with Crippen LogP contribution in [0.1, 0.15) is 27.7 Å². The summed E-state index contributed by atoms with van der Waals surface area (Å²) in [4.78, 5) is 2.25. The van der Waals surface area contributed by atoms with E-state index in [9.17, 15) is 0 Å². The number of hydrogen-bond donors (Lipinski definition) is 4. The second kappa shape index (κ2) is 7.78. The maximum Gasteiger partial charge on any atom is 0.131 e. The first-order valence-electron chi connectivity index (χ1n) is 5.49. The Labute approximate surface area is 126 Å². The summed E-state index contributed by atoms with van der Waals surface area (Å²) >= 11 is 18.3. The van der Waals surface area contributed by atoms with Crippen molar-refractivity contribution in [3.63, 3.8) is 0 Å². The van der Waals surface area contributed by atoms with Crippen molar-refractivity contribution in [2.24, 2.45) is 0 Å². The Morgan fingerprint density at radius 1 is 1.18 bits per heavy atom. The van der Waals surface area contributed by atoms with E-state index in [1.54, 1.807) is 0 Å². The standard InChI is InChI=1S/C10H21N3S4/c1-5-13(6-2)7(11-8(14)15)10(3,4)12-9(16)17/h7H,5-6H2,1-4H3,(H2,11,14,15)(H2,12,16,17). The summed E-state index contributed by atoms with van der Waals surface area (Å²) in [5.74, 6) is 0. The van der Waals surface area contributed by atoms with Crippen molar-refractivity contribution in [2.75, 3.05) is 13.1 Å². The molecule has 100 valence electrons. The summed E-state index contributed by atoms with van der Waals surface area (Å²) < 4.78 is 0.945. The van der Waals surface area contributed by atoms with Crippen molar-refractivity contribution in [2.45, 2.75) is 39.4 Å². The predicted octanol–water partition coefficient (Wildman–Crippen LogP) is 2.04. The molecular formula is C10H21N3S4. The molecule has 3 nitrogen and oxygen atoms in total. The second-order valence-electron chi connectivity index (χ2n) is 4.23. The molecule has 0 spiro atoms. The van der Waals surface area contributed by atoms with Crippen molar-refractivity contribution in [1.82, 2.24) is 15.5 Å². The van der Waals surface area contributed by atoms with Crippen LogP contribution in [0.15, 0.2) is 0 Å². The molecule has 1 unspecified atom stereocenters. The summed E-state index contributed by atoms with van der Waals surface area (Å²) in [6, 6.07) is 0. The third-order valence-electron chi connectivity index (χ3n) is 2.55. The van der Waals surface area contributed by atoms with E-state index in [0.717, 1.165) is 13.1 Å². The first-order valence-corrected chi connectivity index (χ1v) is 7.20. The lowest BCUT2D eigenvalue weighted by molar-refractivity contribution is 0.127. The van der Waals surface area contributed by atoms with Crippen LogP contribution >= 0.6 is 49.7 Å². The quantitative estimate of drug-likeness (QED) is 0.342. The molecule has 0 saturated heterocycles. The van der Waals surface area contributed by atoms with Crippen LogP contribution in [0.25, 0.3) is 0 Å². The number of likely N-dealkylation sites (N-methyl/N-ethyl adjacent to an activating group) is 1. The Balaban J connectivity index is 4.99. The van der Waals surface area contributed by atoms with Gasteiger partial charge in [-0.25, -0.2) is 0 Å². The van der Waals surface area contributed by atoms with Gasteiger partial charge >= 0.3 is 0 Å². The molecule has 0 aliphatic rings. The normalized spacial score (nSPS) is 13.4. The van der Waals surface area contributed by atoms with E-state index in [0.29, 0.717) is 8.64 Å². The zero-order valence-electron chi connectivity index (χ0n) is 10.6. The monoisotopic (exact) mass is 311 g/mol. The third kappa shape index (κ3) is 6.24. The van der Waals surface area contributed by atoms with Gasteiger partial charge in [0.25, 0.3) is 0 Å². The minimum absolute atomic E-state index is 0.00704. The first-order chi connectivity index (χ1) is 7.74. The highest BCUT2D eigenvalue weighted by Gasteiger charge is 2.33. The molecule has 0 radical (unpaired) electrons. The minimum Gasteiger partial charge on any atom is -0.363 e. The third-order valence-corrected chi connectivity index (χ3v) is 3.01. The van der Waals surface area contributed by atoms with E-state index in [4.69, 9.17) is 24.4 Å². The topological polar surface area (TPSA) is 27.3 Å². The van der Waals surface area contributed by atoms with Gasteiger partial charge in [0, 0.05) is 0 Å². The average molecular weight is 312 g/mol. The molecule has 0 rings (SSSR count). The van der Waals surface area contributed by atoms with Gasteiger partial charge in [0.05, 0.1) is 5.54 Å². The highest BCUT2D eigenvalue weighted by Crippen LogP contribution is 2.15. The van der Waals surface area contributed by atoms with Crippen molar-refractivity contribution in [1.29, 1.82) is 0 Å². The van der Waals surface area contributed by atoms with Crippen LogP contribution in [0.2, 0.25) is 0 Å². The molecule has 0 bridgehead atoms. The SMILES string of the molecule is CCN(CC)C(NC(=S)S)C(C)(C)NC(=S)S. The molecule has 17 heavy (non-hydrogen) atoms. The van der Waals surface area contributed by atoms with Crippen LogP contribution in [0, 0.1) is 0 Å². The lowest BCUT2D eigenvalue weighted by atomic mass is 10.00. The molecule has 0 heterocycles. The largest absolute Gasteiger partial charge is 0.363 e. The molecule has 0 aromatic heterocycles. The molecule has 0 fully saturated rings. The molecule has 0 aliphatic carbocycles. The number of nitrogens with zero attached hydrogens (tertiary/aromatic N) is 1. The van der Waals surface area contributed by atoms with Crippen molar-refractivity contribution >= 4 is 58.3 Å². The summed E-state index contributed by atoms with van der Waals surface area (Å²) in [6.45, 7) is 10.1. The molecule has 0 aliphatic heterocycles. The molecule has 1 atom stereocenters. The zero-order chi connectivity index (χ0) is 13.6. The van der Waals surface area contributed by atoms with Gasteiger partial charge in [0.2, 0.25) is 0 Å². The molecule has 0 saturated carbocycles. The Hall–Kier alpha value is 0.440. The number of thiol groups is 2. The minimum atomic E-state index is -0.294. The number of rotatable bonds is 6. The van der Waals surface area contributed by atoms with E-state index in [1.807, 2.05) is 0 Å². The number of hydrogen-bond acceptors (Lipinski definition) is 3. The van der Waals surface area contributed by atoms with Gasteiger partial charge in [-0.15, -0.1) is 25.3 Å². The molecule has 0 amide bonds. The van der Waals surface area contributed by atoms with Crippen LogP contribution in [0.4, 0.5) is 0 Å². The van der Waals surface area contributed by atoms with Crippen LogP contribution < -0.4 is 10.6 Å². The maximum absolute atomic E-state index is 5.02. The second-order valence-corrected chi connectivity index (χ2v) is 6.54. The van der Waals surface area contributed by atoms with Gasteiger partial charge in [-0.1, -0.05) is 38.3 Å². The zero-order valence-corrected chi connectivity index (χ0v) is 14.1. The van der Waals surface area contributed by atoms with Crippen molar-refractivity contribution in [3.8, 4) is 0 Å². The fraction of sp³-hybridized carbons (Fsp3) is 0.800. The van der Waals surface area contributed by atoms with Gasteiger partial charge in [0.1, 0.15) is 14.8 Å². The molecule has 0 aromatic rings. The summed E-state index contributed by atoms with van der Waals surface area (Å²) in [5, 5.41) is 6.36. The predicted molar refractivity (Wildman–Crippen MR) is 90.2 cm³/mol. The van der Waals surface area contributed by atoms with Gasteiger partial charge in [-0.05, 0) is 26.9 Å². The molecular weight excluding hydrogens is 290 g/mol. The maximum atomic E-state index is 5.02. The van der Waals surface area contributed by atoms with E-state index >= 15 is 0 Å². The van der Waals surface area contributed by atoms with E-state index in [-0.39, 0.29) is 11.7 Å². The van der Waals surface area contributed by atoms with Crippen LogP contribution in [0.3, 0.4) is 0 Å². The van der Waals surface area contributed by atoms with E-state index < -0.39 is 0 Å². The van der Waals surface area contributed by atoms with Crippen molar-refractivity contribution in [3.05, 3.63) is 0 Å². The Bertz CT molecular complexity index is 277. The van der Waals surface area contributed by atoms with Gasteiger partial charge in [0.15, 0.2) is 0 Å². The van der Waals surface area contributed by atoms with Crippen LogP contribution in [-0.4, -0.2) is 38.3 Å². The van der Waals surface area contributed by atoms with Gasteiger partial charge in [-0.3, -0.25) is 4.90 Å². The summed E-state index contributed by atoms with van der Waals surface area (Å²) in [6.07, 6.45) is 0.00704. The summed E-state index contributed by atoms with van der Waals surface area (Å²) in [7, 11) is 0. The fourth-order valence-corrected chi connectivity index (χ4v) is 2.56. The lowest BCUT2D eigenvalue weighted by Gasteiger charge is -2.42. The number of thiocarbonyl (C=S) groups is 2. The Morgan fingerprint density at radius 2 is 1.65 bits per heavy atom. The Morgan fingerprint density at radius 3 is 1.94 bits per heavy atom. The molecule has 2 N–H and O–H groups in total. The van der Waals surface area contributed by atoms with Gasteiger partial charge in [-0.2, -0.15) is 0 Å². The van der Waals surface area contributed by atoms with Crippen LogP contribution in [0.5, 0.6) is 0 Å². The first kappa shape index (κ1) is 17.4. The summed E-state index contributed by atoms with van der Waals surface area (Å²) in [5.41, 5.74) is -0.294. The van der Waals surface area contributed by atoms with Crippen molar-refractivity contribution < 1.29 is 0 Å². The Kier molecular flexibility index (Phi) is 7.98. The highest BCUT2D eigenvalue weighted by molar-refractivity contribution is 8.11. The fourth-order valence-electron chi connectivity index (χ4n) is 1.78. The highest BCUT2D eigenvalue weighted by atomic mass is 32.1. The lowest BCUT2D eigenvalue weighted by Crippen LogP contribution is -2.64. The van der Waals surface area contributed by atoms with Gasteiger partial charge < -0.3 is 10.6 Å².